The van der Waals surface area contributed by atoms with Crippen molar-refractivity contribution >= 4 is 29.5 Å². The molecule has 4 rings (SSSR count). The number of benzene rings is 2. The van der Waals surface area contributed by atoms with Crippen LogP contribution in [0, 0.1) is 5.82 Å². The van der Waals surface area contributed by atoms with Crippen molar-refractivity contribution in [2.24, 2.45) is 0 Å². The van der Waals surface area contributed by atoms with E-state index in [4.69, 9.17) is 11.6 Å². The van der Waals surface area contributed by atoms with Gasteiger partial charge in [-0.25, -0.2) is 9.18 Å². The smallest absolute Gasteiger partial charge is 0.413 e. The summed E-state index contributed by atoms with van der Waals surface area (Å²) in [5.74, 6) is -1.49. The van der Waals surface area contributed by atoms with Crippen molar-refractivity contribution in [1.29, 1.82) is 0 Å². The molecule has 0 aliphatic carbocycles. The fourth-order valence-corrected chi connectivity index (χ4v) is 3.93. The van der Waals surface area contributed by atoms with Crippen LogP contribution in [0.25, 0.3) is 0 Å². The zero-order valence-electron chi connectivity index (χ0n) is 16.4. The van der Waals surface area contributed by atoms with Crippen LogP contribution < -0.4 is 0 Å². The van der Waals surface area contributed by atoms with Crippen LogP contribution in [0.2, 0.25) is 5.02 Å². The Morgan fingerprint density at radius 1 is 1.16 bits per heavy atom. The van der Waals surface area contributed by atoms with Crippen LogP contribution in [0.1, 0.15) is 23.6 Å². The molecule has 0 spiro atoms. The predicted octanol–water partition coefficient (Wildman–Crippen LogP) is 3.62. The molecule has 1 atom stereocenters. The molecule has 1 saturated heterocycles. The number of carboxylic acid groups (broad SMARTS) is 1. The van der Waals surface area contributed by atoms with E-state index in [2.05, 4.69) is 0 Å². The van der Waals surface area contributed by atoms with Gasteiger partial charge in [-0.1, -0.05) is 48.0 Å². The van der Waals surface area contributed by atoms with Crippen molar-refractivity contribution in [1.82, 2.24) is 14.7 Å². The lowest BCUT2D eigenvalue weighted by atomic mass is 9.99. The molecule has 0 saturated carbocycles. The molecule has 0 unspecified atom stereocenters. The Morgan fingerprint density at radius 3 is 2.58 bits per heavy atom. The zero-order chi connectivity index (χ0) is 22.1. The van der Waals surface area contributed by atoms with Crippen LogP contribution in [0.5, 0.6) is 0 Å². The summed E-state index contributed by atoms with van der Waals surface area (Å²) in [5.41, 5.74) is 1.22. The van der Waals surface area contributed by atoms with Gasteiger partial charge in [0.1, 0.15) is 17.7 Å². The Morgan fingerprint density at radius 2 is 1.90 bits per heavy atom. The average molecular weight is 444 g/mol. The molecule has 9 heteroatoms. The second-order valence-electron chi connectivity index (χ2n) is 7.28. The van der Waals surface area contributed by atoms with Crippen molar-refractivity contribution in [3.8, 4) is 0 Å². The summed E-state index contributed by atoms with van der Waals surface area (Å²) >= 11 is 5.78. The van der Waals surface area contributed by atoms with Crippen LogP contribution in [0.3, 0.4) is 0 Å². The number of rotatable bonds is 4. The number of amides is 3. The molecule has 1 fully saturated rings. The lowest BCUT2D eigenvalue weighted by Crippen LogP contribution is -2.56. The summed E-state index contributed by atoms with van der Waals surface area (Å²) in [6.07, 6.45) is 0.605. The Labute approximate surface area is 182 Å². The van der Waals surface area contributed by atoms with E-state index in [0.717, 1.165) is 21.4 Å². The molecule has 7 nitrogen and oxygen atoms in total. The Kier molecular flexibility index (Phi) is 5.65. The normalized spacial score (nSPS) is 18.7. The highest BCUT2D eigenvalue weighted by Gasteiger charge is 2.45. The fourth-order valence-electron chi connectivity index (χ4n) is 3.82. The maximum absolute atomic E-state index is 14.2. The second-order valence-corrected chi connectivity index (χ2v) is 7.69. The first-order chi connectivity index (χ1) is 14.9. The number of halogens is 2. The highest BCUT2D eigenvalue weighted by Crippen LogP contribution is 2.37. The molecule has 2 aliphatic heterocycles. The number of hydrogen-bond donors (Lipinski definition) is 1. The van der Waals surface area contributed by atoms with Gasteiger partial charge in [0.15, 0.2) is 0 Å². The largest absolute Gasteiger partial charge is 0.465 e. The molecular weight excluding hydrogens is 425 g/mol. The van der Waals surface area contributed by atoms with E-state index in [1.54, 1.807) is 0 Å². The summed E-state index contributed by atoms with van der Waals surface area (Å²) < 4.78 is 14.2. The van der Waals surface area contributed by atoms with Gasteiger partial charge in [-0.05, 0) is 29.7 Å². The van der Waals surface area contributed by atoms with Crippen molar-refractivity contribution in [2.45, 2.75) is 18.9 Å². The minimum Gasteiger partial charge on any atom is -0.465 e. The van der Waals surface area contributed by atoms with Gasteiger partial charge in [-0.2, -0.15) is 0 Å². The first kappa shape index (κ1) is 20.9. The monoisotopic (exact) mass is 443 g/mol. The van der Waals surface area contributed by atoms with Crippen LogP contribution >= 0.6 is 11.6 Å². The third kappa shape index (κ3) is 3.98. The van der Waals surface area contributed by atoms with E-state index in [0.29, 0.717) is 6.42 Å². The molecule has 2 heterocycles. The van der Waals surface area contributed by atoms with E-state index in [1.807, 2.05) is 30.3 Å². The van der Waals surface area contributed by atoms with Gasteiger partial charge >= 0.3 is 6.09 Å². The third-order valence-electron chi connectivity index (χ3n) is 5.36. The van der Waals surface area contributed by atoms with Gasteiger partial charge in [-0.3, -0.25) is 19.4 Å². The highest BCUT2D eigenvalue weighted by molar-refractivity contribution is 6.30. The molecule has 3 amide bonds. The van der Waals surface area contributed by atoms with Gasteiger partial charge < -0.3 is 10.0 Å². The highest BCUT2D eigenvalue weighted by atomic mass is 35.5. The summed E-state index contributed by atoms with van der Waals surface area (Å²) in [6.45, 7) is 0.257. The maximum Gasteiger partial charge on any atom is 0.413 e. The van der Waals surface area contributed by atoms with Crippen molar-refractivity contribution in [3.05, 3.63) is 82.5 Å². The van der Waals surface area contributed by atoms with Gasteiger partial charge in [0.2, 0.25) is 5.91 Å². The number of carbonyl (C=O) groups excluding carboxylic acids is 2. The van der Waals surface area contributed by atoms with Crippen molar-refractivity contribution < 1.29 is 23.9 Å². The molecule has 0 bridgehead atoms. The minimum absolute atomic E-state index is 0.0150. The molecule has 2 aromatic rings. The summed E-state index contributed by atoms with van der Waals surface area (Å²) in [5, 5.41) is 9.52. The summed E-state index contributed by atoms with van der Waals surface area (Å²) in [6, 6.07) is 12.2. The lowest BCUT2D eigenvalue weighted by Gasteiger charge is -2.45. The quantitative estimate of drug-likeness (QED) is 0.782. The Balaban J connectivity index is 1.75. The SMILES string of the molecule is O=C1[C@H](c2ccc(Cl)c(F)c2)N2C(=O)CCN(C(=O)O)C2=CN1CCc1ccccc1. The van der Waals surface area contributed by atoms with E-state index in [9.17, 15) is 23.9 Å². The van der Waals surface area contributed by atoms with E-state index in [-0.39, 0.29) is 35.9 Å². The molecule has 0 radical (unpaired) electrons. The number of fused-ring (bicyclic) bond motifs is 1. The van der Waals surface area contributed by atoms with Gasteiger partial charge in [0, 0.05) is 25.7 Å². The van der Waals surface area contributed by atoms with Crippen molar-refractivity contribution in [2.75, 3.05) is 13.1 Å². The Bertz CT molecular complexity index is 1080. The predicted molar refractivity (Wildman–Crippen MR) is 110 cm³/mol. The minimum atomic E-state index is -1.23. The zero-order valence-corrected chi connectivity index (χ0v) is 17.1. The van der Waals surface area contributed by atoms with E-state index < -0.39 is 29.8 Å². The van der Waals surface area contributed by atoms with Crippen LogP contribution in [-0.2, 0) is 16.0 Å². The van der Waals surface area contributed by atoms with Crippen LogP contribution in [0.4, 0.5) is 9.18 Å². The second kappa shape index (κ2) is 8.39. The fraction of sp³-hybridized carbons (Fsp3) is 0.227. The lowest BCUT2D eigenvalue weighted by molar-refractivity contribution is -0.148. The third-order valence-corrected chi connectivity index (χ3v) is 5.67. The molecule has 2 aliphatic rings. The molecule has 31 heavy (non-hydrogen) atoms. The maximum atomic E-state index is 14.2. The van der Waals surface area contributed by atoms with Crippen LogP contribution in [0.15, 0.2) is 60.6 Å². The molecule has 0 aromatic heterocycles. The van der Waals surface area contributed by atoms with E-state index >= 15 is 0 Å². The van der Waals surface area contributed by atoms with Crippen molar-refractivity contribution in [3.63, 3.8) is 0 Å². The molecule has 160 valence electrons. The number of hydrogen-bond acceptors (Lipinski definition) is 3. The van der Waals surface area contributed by atoms with Gasteiger partial charge in [0.25, 0.3) is 5.91 Å². The number of carbonyl (C=O) groups is 3. The number of nitrogens with zero attached hydrogens (tertiary/aromatic N) is 3. The molecular formula is C22H19ClFN3O4. The summed E-state index contributed by atoms with van der Waals surface area (Å²) in [7, 11) is 0. The topological polar surface area (TPSA) is 81.2 Å². The first-order valence-electron chi connectivity index (χ1n) is 9.70. The van der Waals surface area contributed by atoms with Gasteiger partial charge in [-0.15, -0.1) is 0 Å². The van der Waals surface area contributed by atoms with Gasteiger partial charge in [0.05, 0.1) is 5.02 Å². The first-order valence-corrected chi connectivity index (χ1v) is 10.1. The van der Waals surface area contributed by atoms with Crippen LogP contribution in [-0.4, -0.2) is 50.8 Å². The average Bonchev–Trinajstić information content (AvgIpc) is 2.75. The molecule has 2 aromatic carbocycles. The summed E-state index contributed by atoms with van der Waals surface area (Å²) in [4.78, 5) is 41.5. The van der Waals surface area contributed by atoms with E-state index in [1.165, 1.54) is 23.2 Å². The standard InChI is InChI=1S/C22H19ClFN3O4/c23-16-7-6-15(12-17(16)24)20-21(29)25(10-8-14-4-2-1-3-5-14)13-18-26(22(30)31)11-9-19(28)27(18)20/h1-7,12-13,20H,8-11H2,(H,30,31)/t20-/m0/s1. The Hall–Kier alpha value is -3.39. The molecule has 1 N–H and O–H groups in total.